The van der Waals surface area contributed by atoms with Gasteiger partial charge in [0.2, 0.25) is 0 Å². The van der Waals surface area contributed by atoms with Crippen LogP contribution in [-0.4, -0.2) is 36.8 Å². The zero-order chi connectivity index (χ0) is 10.6. The fourth-order valence-electron chi connectivity index (χ4n) is 1.90. The lowest BCUT2D eigenvalue weighted by Gasteiger charge is -2.31. The fourth-order valence-corrected chi connectivity index (χ4v) is 1.90. The van der Waals surface area contributed by atoms with Crippen LogP contribution < -0.4 is 5.73 Å². The topological polar surface area (TPSA) is 29.3 Å². The van der Waals surface area contributed by atoms with Crippen molar-refractivity contribution in [1.82, 2.24) is 4.90 Å². The summed E-state index contributed by atoms with van der Waals surface area (Å²) in [6.45, 7) is 0.728. The highest BCUT2D eigenvalue weighted by molar-refractivity contribution is 4.80. The number of halogens is 3. The first kappa shape index (κ1) is 11.8. The lowest BCUT2D eigenvalue weighted by molar-refractivity contribution is -0.180. The van der Waals surface area contributed by atoms with Gasteiger partial charge in [-0.05, 0) is 25.9 Å². The minimum absolute atomic E-state index is 0.330. The predicted molar refractivity (Wildman–Crippen MR) is 48.9 cm³/mol. The Morgan fingerprint density at radius 2 is 1.57 bits per heavy atom. The molecule has 2 nitrogen and oxygen atoms in total. The maximum absolute atomic E-state index is 12.5. The van der Waals surface area contributed by atoms with Crippen molar-refractivity contribution in [2.75, 3.05) is 19.6 Å². The molecule has 1 saturated heterocycles. The Balaban J connectivity index is 2.58. The highest BCUT2D eigenvalue weighted by Gasteiger charge is 2.42. The zero-order valence-electron chi connectivity index (χ0n) is 8.19. The van der Waals surface area contributed by atoms with E-state index >= 15 is 0 Å². The van der Waals surface area contributed by atoms with Gasteiger partial charge in [0.1, 0.15) is 6.04 Å². The van der Waals surface area contributed by atoms with E-state index in [0.29, 0.717) is 13.1 Å². The molecule has 0 aromatic rings. The summed E-state index contributed by atoms with van der Waals surface area (Å²) in [4.78, 5) is 1.48. The van der Waals surface area contributed by atoms with Crippen molar-refractivity contribution in [3.05, 3.63) is 0 Å². The first-order valence-corrected chi connectivity index (χ1v) is 5.06. The molecule has 5 heteroatoms. The van der Waals surface area contributed by atoms with Gasteiger partial charge < -0.3 is 5.73 Å². The molecular weight excluding hydrogens is 193 g/mol. The summed E-state index contributed by atoms with van der Waals surface area (Å²) in [5.74, 6) is 0. The summed E-state index contributed by atoms with van der Waals surface area (Å²) >= 11 is 0. The van der Waals surface area contributed by atoms with Gasteiger partial charge in [0.25, 0.3) is 0 Å². The van der Waals surface area contributed by atoms with Crippen LogP contribution in [0.3, 0.4) is 0 Å². The third kappa shape index (κ3) is 3.13. The van der Waals surface area contributed by atoms with Crippen molar-refractivity contribution in [2.24, 2.45) is 5.73 Å². The quantitative estimate of drug-likeness (QED) is 0.752. The Labute approximate surface area is 82.2 Å². The molecule has 0 aromatic carbocycles. The second-order valence-electron chi connectivity index (χ2n) is 3.74. The average molecular weight is 210 g/mol. The highest BCUT2D eigenvalue weighted by Crippen LogP contribution is 2.26. The van der Waals surface area contributed by atoms with Gasteiger partial charge in [-0.1, -0.05) is 12.8 Å². The summed E-state index contributed by atoms with van der Waals surface area (Å²) in [5.41, 5.74) is 5.18. The molecular formula is C9H17F3N2. The van der Waals surface area contributed by atoms with Crippen molar-refractivity contribution in [3.8, 4) is 0 Å². The van der Waals surface area contributed by atoms with E-state index in [4.69, 9.17) is 5.73 Å². The molecule has 0 unspecified atom stereocenters. The summed E-state index contributed by atoms with van der Waals surface area (Å²) in [7, 11) is 0. The molecule has 2 N–H and O–H groups in total. The predicted octanol–water partition coefficient (Wildman–Crippen LogP) is 1.75. The molecule has 0 spiro atoms. The van der Waals surface area contributed by atoms with Crippen LogP contribution in [0.25, 0.3) is 0 Å². The number of rotatable bonds is 2. The van der Waals surface area contributed by atoms with Crippen LogP contribution in [0.2, 0.25) is 0 Å². The summed E-state index contributed by atoms with van der Waals surface area (Å²) < 4.78 is 37.5. The lowest BCUT2D eigenvalue weighted by atomic mass is 10.2. The minimum atomic E-state index is -4.18. The van der Waals surface area contributed by atoms with Gasteiger partial charge in [0.05, 0.1) is 0 Å². The molecule has 1 heterocycles. The maximum Gasteiger partial charge on any atom is 0.405 e. The van der Waals surface area contributed by atoms with Crippen molar-refractivity contribution < 1.29 is 13.2 Å². The van der Waals surface area contributed by atoms with E-state index in [1.807, 2.05) is 0 Å². The summed E-state index contributed by atoms with van der Waals surface area (Å²) in [6, 6.07) is -1.44. The van der Waals surface area contributed by atoms with Crippen LogP contribution >= 0.6 is 0 Å². The standard InChI is InChI=1S/C9H17F3N2/c10-9(11,12)8(7-13)14-5-3-1-2-4-6-14/h8H,1-7,13H2/t8-/m0/s1. The van der Waals surface area contributed by atoms with Gasteiger partial charge in [0.15, 0.2) is 0 Å². The second-order valence-corrected chi connectivity index (χ2v) is 3.74. The Bertz CT molecular complexity index is 162. The second kappa shape index (κ2) is 4.98. The maximum atomic E-state index is 12.5. The number of hydrogen-bond donors (Lipinski definition) is 1. The number of hydrogen-bond acceptors (Lipinski definition) is 2. The highest BCUT2D eigenvalue weighted by atomic mass is 19.4. The van der Waals surface area contributed by atoms with E-state index in [9.17, 15) is 13.2 Å². The van der Waals surface area contributed by atoms with Crippen LogP contribution in [0.5, 0.6) is 0 Å². The average Bonchev–Trinajstić information content (AvgIpc) is 2.31. The Morgan fingerprint density at radius 3 is 1.93 bits per heavy atom. The van der Waals surface area contributed by atoms with E-state index in [2.05, 4.69) is 0 Å². The Kier molecular flexibility index (Phi) is 4.19. The molecule has 0 aromatic heterocycles. The first-order chi connectivity index (χ1) is 6.55. The monoisotopic (exact) mass is 210 g/mol. The SMILES string of the molecule is NC[C@H](N1CCCCCC1)C(F)(F)F. The molecule has 1 fully saturated rings. The molecule has 1 rings (SSSR count). The van der Waals surface area contributed by atoms with Gasteiger partial charge in [-0.25, -0.2) is 0 Å². The third-order valence-electron chi connectivity index (χ3n) is 2.68. The molecule has 14 heavy (non-hydrogen) atoms. The Hall–Kier alpha value is -0.290. The third-order valence-corrected chi connectivity index (χ3v) is 2.68. The van der Waals surface area contributed by atoms with Gasteiger partial charge >= 0.3 is 6.18 Å². The van der Waals surface area contributed by atoms with Crippen molar-refractivity contribution in [2.45, 2.75) is 37.9 Å². The van der Waals surface area contributed by atoms with Gasteiger partial charge in [-0.2, -0.15) is 13.2 Å². The Morgan fingerprint density at radius 1 is 1.07 bits per heavy atom. The van der Waals surface area contributed by atoms with Crippen molar-refractivity contribution in [3.63, 3.8) is 0 Å². The van der Waals surface area contributed by atoms with E-state index in [-0.39, 0.29) is 6.54 Å². The number of likely N-dealkylation sites (tertiary alicyclic amines) is 1. The zero-order valence-corrected chi connectivity index (χ0v) is 8.19. The molecule has 1 aliphatic rings. The normalized spacial score (nSPS) is 23.1. The largest absolute Gasteiger partial charge is 0.405 e. The van der Waals surface area contributed by atoms with Crippen LogP contribution in [-0.2, 0) is 0 Å². The molecule has 84 valence electrons. The molecule has 1 aliphatic heterocycles. The van der Waals surface area contributed by atoms with Gasteiger partial charge in [0, 0.05) is 6.54 Å². The molecule has 0 radical (unpaired) electrons. The summed E-state index contributed by atoms with van der Waals surface area (Å²) in [5, 5.41) is 0. The van der Waals surface area contributed by atoms with Crippen LogP contribution in [0.15, 0.2) is 0 Å². The van der Waals surface area contributed by atoms with E-state index in [1.54, 1.807) is 0 Å². The van der Waals surface area contributed by atoms with Crippen LogP contribution in [0, 0.1) is 0 Å². The number of nitrogens with two attached hydrogens (primary N) is 1. The molecule has 0 aliphatic carbocycles. The number of nitrogens with zero attached hydrogens (tertiary/aromatic N) is 1. The first-order valence-electron chi connectivity index (χ1n) is 5.06. The molecule has 0 saturated carbocycles. The van der Waals surface area contributed by atoms with E-state index in [1.165, 1.54) is 4.90 Å². The summed E-state index contributed by atoms with van der Waals surface area (Å²) in [6.07, 6.45) is -0.407. The van der Waals surface area contributed by atoms with E-state index in [0.717, 1.165) is 25.7 Å². The van der Waals surface area contributed by atoms with Gasteiger partial charge in [-0.3, -0.25) is 4.90 Å². The fraction of sp³-hybridized carbons (Fsp3) is 1.00. The van der Waals surface area contributed by atoms with Crippen LogP contribution in [0.4, 0.5) is 13.2 Å². The van der Waals surface area contributed by atoms with Crippen molar-refractivity contribution >= 4 is 0 Å². The molecule has 0 amide bonds. The molecule has 0 bridgehead atoms. The lowest BCUT2D eigenvalue weighted by Crippen LogP contribution is -2.50. The van der Waals surface area contributed by atoms with Crippen LogP contribution in [0.1, 0.15) is 25.7 Å². The van der Waals surface area contributed by atoms with Gasteiger partial charge in [-0.15, -0.1) is 0 Å². The van der Waals surface area contributed by atoms with E-state index < -0.39 is 12.2 Å². The number of alkyl halides is 3. The smallest absolute Gasteiger partial charge is 0.329 e. The minimum Gasteiger partial charge on any atom is -0.329 e. The molecule has 1 atom stereocenters. The van der Waals surface area contributed by atoms with Crippen molar-refractivity contribution in [1.29, 1.82) is 0 Å².